The van der Waals surface area contributed by atoms with E-state index in [2.05, 4.69) is 10.1 Å². The highest BCUT2D eigenvalue weighted by atomic mass is 35.5. The molecule has 0 saturated carbocycles. The molecule has 3 rings (SSSR count). The second kappa shape index (κ2) is 5.77. The molecule has 0 fully saturated rings. The first-order valence-electron chi connectivity index (χ1n) is 6.82. The predicted molar refractivity (Wildman–Crippen MR) is 85.0 cm³/mol. The van der Waals surface area contributed by atoms with E-state index in [0.717, 1.165) is 4.52 Å². The molecule has 0 aliphatic heterocycles. The van der Waals surface area contributed by atoms with Gasteiger partial charge >= 0.3 is 5.97 Å². The lowest BCUT2D eigenvalue weighted by Crippen LogP contribution is -2.16. The van der Waals surface area contributed by atoms with Gasteiger partial charge in [0.2, 0.25) is 0 Å². The number of carbonyl (C=O) groups excluding carboxylic acids is 1. The SMILES string of the molecule is CCOC(=O)c1c(=O)[nH]n2c(=O)cc(-c3cccc(Cl)c3)[nH]c12. The van der Waals surface area contributed by atoms with Gasteiger partial charge < -0.3 is 9.72 Å². The molecule has 0 spiro atoms. The number of aromatic amines is 2. The number of benzene rings is 1. The highest BCUT2D eigenvalue weighted by Gasteiger charge is 2.21. The molecule has 0 aliphatic carbocycles. The van der Waals surface area contributed by atoms with E-state index in [-0.39, 0.29) is 17.8 Å². The number of ether oxygens (including phenoxy) is 1. The summed E-state index contributed by atoms with van der Waals surface area (Å²) in [6.07, 6.45) is 0. The van der Waals surface area contributed by atoms with Crippen molar-refractivity contribution in [1.82, 2.24) is 14.6 Å². The standard InChI is InChI=1S/C15H12ClN3O4/c1-2-23-15(22)12-13-17-10(8-4-3-5-9(16)6-8)7-11(20)19(13)18-14(12)21/h3-7,17H,2H2,1H3,(H,18,21). The van der Waals surface area contributed by atoms with Crippen LogP contribution in [0.25, 0.3) is 16.9 Å². The third-order valence-electron chi connectivity index (χ3n) is 3.26. The number of aromatic nitrogens is 3. The number of rotatable bonds is 3. The van der Waals surface area contributed by atoms with E-state index in [0.29, 0.717) is 16.3 Å². The lowest BCUT2D eigenvalue weighted by Gasteiger charge is -2.05. The van der Waals surface area contributed by atoms with E-state index in [1.165, 1.54) is 6.07 Å². The Morgan fingerprint density at radius 1 is 1.30 bits per heavy atom. The van der Waals surface area contributed by atoms with Crippen molar-refractivity contribution in [1.29, 1.82) is 0 Å². The van der Waals surface area contributed by atoms with Crippen LogP contribution in [0.4, 0.5) is 0 Å². The summed E-state index contributed by atoms with van der Waals surface area (Å²) in [5, 5.41) is 2.82. The van der Waals surface area contributed by atoms with E-state index in [1.54, 1.807) is 31.2 Å². The molecule has 2 N–H and O–H groups in total. The maximum atomic E-state index is 12.2. The van der Waals surface area contributed by atoms with Gasteiger partial charge in [-0.1, -0.05) is 23.7 Å². The molecule has 0 bridgehead atoms. The van der Waals surface area contributed by atoms with Crippen molar-refractivity contribution in [3.63, 3.8) is 0 Å². The topological polar surface area (TPSA) is 96.4 Å². The summed E-state index contributed by atoms with van der Waals surface area (Å²) in [5.74, 6) is -0.796. The Kier molecular flexibility index (Phi) is 3.79. The number of nitrogens with zero attached hydrogens (tertiary/aromatic N) is 1. The van der Waals surface area contributed by atoms with Crippen LogP contribution in [0.3, 0.4) is 0 Å². The van der Waals surface area contributed by atoms with Crippen LogP contribution < -0.4 is 11.1 Å². The molecule has 3 aromatic rings. The summed E-state index contributed by atoms with van der Waals surface area (Å²) >= 11 is 5.95. The molecule has 0 radical (unpaired) electrons. The minimum atomic E-state index is -0.796. The zero-order valence-corrected chi connectivity index (χ0v) is 12.8. The van der Waals surface area contributed by atoms with Crippen LogP contribution in [0, 0.1) is 0 Å². The minimum absolute atomic E-state index is 0.0518. The summed E-state index contributed by atoms with van der Waals surface area (Å²) in [6, 6.07) is 8.16. The Bertz CT molecular complexity index is 1020. The second-order valence-corrected chi connectivity index (χ2v) is 5.19. The van der Waals surface area contributed by atoms with Crippen LogP contribution in [0.2, 0.25) is 5.02 Å². The smallest absolute Gasteiger partial charge is 0.347 e. The maximum Gasteiger partial charge on any atom is 0.347 e. The van der Waals surface area contributed by atoms with Crippen molar-refractivity contribution in [2.24, 2.45) is 0 Å². The van der Waals surface area contributed by atoms with Crippen LogP contribution in [0.1, 0.15) is 17.3 Å². The fourth-order valence-electron chi connectivity index (χ4n) is 2.27. The van der Waals surface area contributed by atoms with Crippen molar-refractivity contribution in [2.75, 3.05) is 6.61 Å². The molecule has 0 unspecified atom stereocenters. The molecule has 118 valence electrons. The van der Waals surface area contributed by atoms with Crippen LogP contribution in [-0.4, -0.2) is 27.2 Å². The first-order chi connectivity index (χ1) is 11.0. The average molecular weight is 334 g/mol. The first-order valence-corrected chi connectivity index (χ1v) is 7.20. The van der Waals surface area contributed by atoms with Gasteiger partial charge in [0.15, 0.2) is 11.2 Å². The summed E-state index contributed by atoms with van der Waals surface area (Å²) in [5.41, 5.74) is -0.284. The molecule has 1 aromatic carbocycles. The van der Waals surface area contributed by atoms with Gasteiger partial charge in [-0.3, -0.25) is 14.7 Å². The van der Waals surface area contributed by atoms with Crippen LogP contribution in [0.15, 0.2) is 39.9 Å². The molecule has 0 atom stereocenters. The third-order valence-corrected chi connectivity index (χ3v) is 3.49. The maximum absolute atomic E-state index is 12.2. The third kappa shape index (κ3) is 2.66. The zero-order chi connectivity index (χ0) is 16.6. The Labute approximate surface area is 134 Å². The molecule has 0 amide bonds. The summed E-state index contributed by atoms with van der Waals surface area (Å²) in [6.45, 7) is 1.75. The Balaban J connectivity index is 2.28. The van der Waals surface area contributed by atoms with Crippen LogP contribution in [-0.2, 0) is 4.74 Å². The van der Waals surface area contributed by atoms with E-state index in [9.17, 15) is 14.4 Å². The van der Waals surface area contributed by atoms with Gasteiger partial charge in [0.25, 0.3) is 11.1 Å². The molecule has 8 heteroatoms. The summed E-state index contributed by atoms with van der Waals surface area (Å²) < 4.78 is 5.84. The van der Waals surface area contributed by atoms with Crippen molar-refractivity contribution in [3.8, 4) is 11.3 Å². The largest absolute Gasteiger partial charge is 0.462 e. The van der Waals surface area contributed by atoms with E-state index in [4.69, 9.17) is 16.3 Å². The monoisotopic (exact) mass is 333 g/mol. The number of carbonyl (C=O) groups is 1. The number of nitrogens with one attached hydrogen (secondary N) is 2. The minimum Gasteiger partial charge on any atom is -0.462 e. The second-order valence-electron chi connectivity index (χ2n) is 4.75. The Morgan fingerprint density at radius 2 is 2.09 bits per heavy atom. The molecule has 7 nitrogen and oxygen atoms in total. The number of hydrogen-bond donors (Lipinski definition) is 2. The molecule has 2 heterocycles. The van der Waals surface area contributed by atoms with Crippen LogP contribution in [0.5, 0.6) is 0 Å². The molecule has 0 saturated heterocycles. The first kappa shape index (κ1) is 15.1. The highest BCUT2D eigenvalue weighted by molar-refractivity contribution is 6.30. The molecular weight excluding hydrogens is 322 g/mol. The summed E-state index contributed by atoms with van der Waals surface area (Å²) in [4.78, 5) is 39.0. The van der Waals surface area contributed by atoms with Crippen molar-refractivity contribution < 1.29 is 9.53 Å². The van der Waals surface area contributed by atoms with Gasteiger partial charge in [0.05, 0.1) is 12.3 Å². The summed E-state index contributed by atoms with van der Waals surface area (Å²) in [7, 11) is 0. The van der Waals surface area contributed by atoms with E-state index >= 15 is 0 Å². The highest BCUT2D eigenvalue weighted by Crippen LogP contribution is 2.20. The molecular formula is C15H12ClN3O4. The predicted octanol–water partition coefficient (Wildman–Crippen LogP) is 1.81. The molecule has 23 heavy (non-hydrogen) atoms. The van der Waals surface area contributed by atoms with Gasteiger partial charge in [0.1, 0.15) is 0 Å². The van der Waals surface area contributed by atoms with Gasteiger partial charge in [-0.25, -0.2) is 4.79 Å². The van der Waals surface area contributed by atoms with Crippen molar-refractivity contribution in [3.05, 3.63) is 61.6 Å². The van der Waals surface area contributed by atoms with Gasteiger partial charge in [-0.2, -0.15) is 4.52 Å². The van der Waals surface area contributed by atoms with Crippen molar-refractivity contribution >= 4 is 23.2 Å². The molecule has 0 aliphatic rings. The van der Waals surface area contributed by atoms with Gasteiger partial charge in [-0.05, 0) is 24.6 Å². The fraction of sp³-hybridized carbons (Fsp3) is 0.133. The quantitative estimate of drug-likeness (QED) is 0.714. The average Bonchev–Trinajstić information content (AvgIpc) is 2.84. The Morgan fingerprint density at radius 3 is 2.78 bits per heavy atom. The lowest BCUT2D eigenvalue weighted by atomic mass is 10.1. The number of H-pyrrole nitrogens is 2. The number of hydrogen-bond acceptors (Lipinski definition) is 4. The van der Waals surface area contributed by atoms with Gasteiger partial charge in [0, 0.05) is 11.1 Å². The molecule has 2 aromatic heterocycles. The van der Waals surface area contributed by atoms with Crippen LogP contribution >= 0.6 is 11.6 Å². The number of esters is 1. The number of fused-ring (bicyclic) bond motifs is 1. The van der Waals surface area contributed by atoms with E-state index in [1.807, 2.05) is 0 Å². The normalized spacial score (nSPS) is 10.9. The lowest BCUT2D eigenvalue weighted by molar-refractivity contribution is 0.0527. The Hall–Kier alpha value is -2.80. The zero-order valence-electron chi connectivity index (χ0n) is 12.1. The fourth-order valence-corrected chi connectivity index (χ4v) is 2.46. The number of halogens is 1. The van der Waals surface area contributed by atoms with Crippen molar-refractivity contribution in [2.45, 2.75) is 6.92 Å². The van der Waals surface area contributed by atoms with Gasteiger partial charge in [-0.15, -0.1) is 0 Å². The van der Waals surface area contributed by atoms with E-state index < -0.39 is 17.1 Å².